The number of benzene rings is 1. The standard InChI is InChI=1S/C11H15N3O3/c12-9(11(17)14-6-10(13)16)5-7-1-3-8(15)4-2-7/h1-4,9,15H,5-6,12H2,(H2,13,16)(H,14,17)/t9-/m1/s1. The number of hydrogen-bond donors (Lipinski definition) is 4. The van der Waals surface area contributed by atoms with Gasteiger partial charge in [0.05, 0.1) is 12.6 Å². The molecule has 0 spiro atoms. The lowest BCUT2D eigenvalue weighted by atomic mass is 10.1. The van der Waals surface area contributed by atoms with Gasteiger partial charge in [0, 0.05) is 0 Å². The molecule has 1 aromatic rings. The molecule has 0 bridgehead atoms. The minimum atomic E-state index is -0.751. The van der Waals surface area contributed by atoms with Crippen molar-refractivity contribution in [3.05, 3.63) is 29.8 Å². The van der Waals surface area contributed by atoms with E-state index in [1.807, 2.05) is 0 Å². The monoisotopic (exact) mass is 237 g/mol. The second kappa shape index (κ2) is 5.86. The first-order valence-corrected chi connectivity index (χ1v) is 5.08. The summed E-state index contributed by atoms with van der Waals surface area (Å²) in [6.07, 6.45) is 0.324. The molecule has 17 heavy (non-hydrogen) atoms. The first-order chi connectivity index (χ1) is 7.99. The van der Waals surface area contributed by atoms with Crippen LogP contribution in [0.25, 0.3) is 0 Å². The highest BCUT2D eigenvalue weighted by Gasteiger charge is 2.14. The SMILES string of the molecule is NC(=O)CNC(=O)[C@H](N)Cc1ccc(O)cc1. The Bertz CT molecular complexity index is 403. The summed E-state index contributed by atoms with van der Waals surface area (Å²) in [5, 5.41) is 11.4. The molecule has 2 amide bonds. The topological polar surface area (TPSA) is 118 Å². The number of carbonyl (C=O) groups is 2. The number of hydrogen-bond acceptors (Lipinski definition) is 4. The van der Waals surface area contributed by atoms with E-state index in [-0.39, 0.29) is 12.3 Å². The predicted molar refractivity (Wildman–Crippen MR) is 62.0 cm³/mol. The third-order valence-corrected chi connectivity index (χ3v) is 2.17. The number of phenolic OH excluding ortho intramolecular Hbond substituents is 1. The Morgan fingerprint density at radius 1 is 1.29 bits per heavy atom. The largest absolute Gasteiger partial charge is 0.508 e. The second-order valence-electron chi connectivity index (χ2n) is 3.66. The zero-order chi connectivity index (χ0) is 12.8. The van der Waals surface area contributed by atoms with Crippen LogP contribution in [0.15, 0.2) is 24.3 Å². The van der Waals surface area contributed by atoms with Crippen molar-refractivity contribution in [1.82, 2.24) is 5.32 Å². The summed E-state index contributed by atoms with van der Waals surface area (Å²) in [6, 6.07) is 5.64. The first-order valence-electron chi connectivity index (χ1n) is 5.08. The van der Waals surface area contributed by atoms with Gasteiger partial charge in [-0.1, -0.05) is 12.1 Å². The van der Waals surface area contributed by atoms with Crippen molar-refractivity contribution >= 4 is 11.8 Å². The summed E-state index contributed by atoms with van der Waals surface area (Å²) < 4.78 is 0. The zero-order valence-electron chi connectivity index (χ0n) is 9.22. The van der Waals surface area contributed by atoms with Gasteiger partial charge in [0.25, 0.3) is 0 Å². The van der Waals surface area contributed by atoms with Crippen LogP contribution in [0.5, 0.6) is 5.75 Å². The summed E-state index contributed by atoms with van der Waals surface area (Å²) in [7, 11) is 0. The van der Waals surface area contributed by atoms with E-state index in [0.29, 0.717) is 6.42 Å². The lowest BCUT2D eigenvalue weighted by Crippen LogP contribution is -2.44. The highest BCUT2D eigenvalue weighted by atomic mass is 16.3. The Morgan fingerprint density at radius 2 is 1.88 bits per heavy atom. The van der Waals surface area contributed by atoms with E-state index in [0.717, 1.165) is 5.56 Å². The fourth-order valence-electron chi connectivity index (χ4n) is 1.28. The van der Waals surface area contributed by atoms with E-state index in [1.165, 1.54) is 12.1 Å². The molecule has 0 aliphatic heterocycles. The van der Waals surface area contributed by atoms with Crippen LogP contribution < -0.4 is 16.8 Å². The molecule has 6 N–H and O–H groups in total. The highest BCUT2D eigenvalue weighted by Crippen LogP contribution is 2.10. The lowest BCUT2D eigenvalue weighted by molar-refractivity contribution is -0.125. The van der Waals surface area contributed by atoms with Crippen LogP contribution in [0, 0.1) is 0 Å². The molecule has 0 radical (unpaired) electrons. The Hall–Kier alpha value is -2.08. The van der Waals surface area contributed by atoms with Crippen molar-refractivity contribution in [3.8, 4) is 5.75 Å². The second-order valence-corrected chi connectivity index (χ2v) is 3.66. The predicted octanol–water partition coefficient (Wildman–Crippen LogP) is -1.14. The number of rotatable bonds is 5. The summed E-state index contributed by atoms with van der Waals surface area (Å²) >= 11 is 0. The Balaban J connectivity index is 2.48. The molecule has 1 aromatic carbocycles. The molecule has 0 heterocycles. The molecule has 1 atom stereocenters. The molecule has 0 fully saturated rings. The van der Waals surface area contributed by atoms with Crippen molar-refractivity contribution < 1.29 is 14.7 Å². The molecule has 92 valence electrons. The molecule has 6 heteroatoms. The number of nitrogens with two attached hydrogens (primary N) is 2. The Labute approximate surface area is 98.6 Å². The number of aromatic hydroxyl groups is 1. The summed E-state index contributed by atoms with van der Waals surface area (Å²) in [5.74, 6) is -0.896. The minimum Gasteiger partial charge on any atom is -0.508 e. The van der Waals surface area contributed by atoms with E-state index in [1.54, 1.807) is 12.1 Å². The molecule has 0 saturated carbocycles. The van der Waals surface area contributed by atoms with Gasteiger partial charge in [-0.05, 0) is 24.1 Å². The third-order valence-electron chi connectivity index (χ3n) is 2.17. The average Bonchev–Trinajstić information content (AvgIpc) is 2.28. The maximum atomic E-state index is 11.4. The molecule has 0 saturated heterocycles. The highest BCUT2D eigenvalue weighted by molar-refractivity contribution is 5.86. The first kappa shape index (κ1) is 13.0. The van der Waals surface area contributed by atoms with E-state index in [2.05, 4.69) is 5.32 Å². The van der Waals surface area contributed by atoms with E-state index in [4.69, 9.17) is 16.6 Å². The van der Waals surface area contributed by atoms with Gasteiger partial charge in [-0.25, -0.2) is 0 Å². The van der Waals surface area contributed by atoms with Crippen LogP contribution >= 0.6 is 0 Å². The zero-order valence-corrected chi connectivity index (χ0v) is 9.22. The van der Waals surface area contributed by atoms with Gasteiger partial charge in [0.2, 0.25) is 11.8 Å². The van der Waals surface area contributed by atoms with Gasteiger partial charge in [0.15, 0.2) is 0 Å². The molecule has 0 aromatic heterocycles. The fraction of sp³-hybridized carbons (Fsp3) is 0.273. The van der Waals surface area contributed by atoms with E-state index in [9.17, 15) is 9.59 Å². The Kier molecular flexibility index (Phi) is 4.47. The lowest BCUT2D eigenvalue weighted by Gasteiger charge is -2.11. The maximum absolute atomic E-state index is 11.4. The molecule has 0 unspecified atom stereocenters. The number of amides is 2. The maximum Gasteiger partial charge on any atom is 0.237 e. The summed E-state index contributed by atoms with van der Waals surface area (Å²) in [4.78, 5) is 21.9. The van der Waals surface area contributed by atoms with Crippen molar-refractivity contribution in [2.24, 2.45) is 11.5 Å². The van der Waals surface area contributed by atoms with Crippen LogP contribution in [-0.4, -0.2) is 29.5 Å². The number of primary amides is 1. The van der Waals surface area contributed by atoms with E-state index >= 15 is 0 Å². The molecular formula is C11H15N3O3. The molecule has 6 nitrogen and oxygen atoms in total. The molecule has 0 aliphatic rings. The van der Waals surface area contributed by atoms with Gasteiger partial charge >= 0.3 is 0 Å². The number of carbonyl (C=O) groups excluding carboxylic acids is 2. The summed E-state index contributed by atoms with van der Waals surface area (Å²) in [5.41, 5.74) is 11.4. The van der Waals surface area contributed by atoms with Crippen molar-refractivity contribution in [3.63, 3.8) is 0 Å². The minimum absolute atomic E-state index is 0.153. The van der Waals surface area contributed by atoms with Crippen molar-refractivity contribution in [1.29, 1.82) is 0 Å². The fourth-order valence-corrected chi connectivity index (χ4v) is 1.28. The van der Waals surface area contributed by atoms with Gasteiger partial charge < -0.3 is 21.9 Å². The molecule has 0 aliphatic carbocycles. The van der Waals surface area contributed by atoms with Gasteiger partial charge in [-0.2, -0.15) is 0 Å². The van der Waals surface area contributed by atoms with Crippen LogP contribution in [-0.2, 0) is 16.0 Å². The van der Waals surface area contributed by atoms with Crippen LogP contribution in [0.4, 0.5) is 0 Å². The van der Waals surface area contributed by atoms with Gasteiger partial charge in [-0.3, -0.25) is 9.59 Å². The number of phenols is 1. The van der Waals surface area contributed by atoms with Crippen LogP contribution in [0.1, 0.15) is 5.56 Å². The normalized spacial score (nSPS) is 11.8. The Morgan fingerprint density at radius 3 is 2.41 bits per heavy atom. The van der Waals surface area contributed by atoms with Gasteiger partial charge in [-0.15, -0.1) is 0 Å². The average molecular weight is 237 g/mol. The number of nitrogens with one attached hydrogen (secondary N) is 1. The van der Waals surface area contributed by atoms with Crippen molar-refractivity contribution in [2.75, 3.05) is 6.54 Å². The summed E-state index contributed by atoms with van der Waals surface area (Å²) in [6.45, 7) is -0.220. The van der Waals surface area contributed by atoms with Gasteiger partial charge in [0.1, 0.15) is 5.75 Å². The van der Waals surface area contributed by atoms with Crippen LogP contribution in [0.2, 0.25) is 0 Å². The van der Waals surface area contributed by atoms with E-state index < -0.39 is 17.9 Å². The van der Waals surface area contributed by atoms with Crippen molar-refractivity contribution in [2.45, 2.75) is 12.5 Å². The smallest absolute Gasteiger partial charge is 0.237 e. The van der Waals surface area contributed by atoms with Crippen LogP contribution in [0.3, 0.4) is 0 Å². The third kappa shape index (κ3) is 4.52. The molecular weight excluding hydrogens is 222 g/mol. The quantitative estimate of drug-likeness (QED) is 0.517. The molecule has 1 rings (SSSR count).